The molecule has 426 valence electrons. The fourth-order valence-electron chi connectivity index (χ4n) is 8.98. The lowest BCUT2D eigenvalue weighted by Crippen LogP contribution is -2.58. The Hall–Kier alpha value is -7.28. The quantitative estimate of drug-likeness (QED) is 0.0592. The molecule has 0 radical (unpaired) electrons. The van der Waals surface area contributed by atoms with Gasteiger partial charge in [0.25, 0.3) is 5.91 Å². The number of hydrogen-bond donors (Lipinski definition) is 3. The Balaban J connectivity index is 0.943. The molecule has 4 heterocycles. The lowest BCUT2D eigenvalue weighted by molar-refractivity contribution is -0.144. The topological polar surface area (TPSA) is 190 Å². The van der Waals surface area contributed by atoms with Crippen molar-refractivity contribution >= 4 is 63.7 Å². The fraction of sp³-hybridized carbons (Fsp3) is 0.396. The molecule has 15 nitrogen and oxygen atoms in total. The molecule has 3 aromatic carbocycles. The zero-order valence-electron chi connectivity index (χ0n) is 43.2. The molecule has 2 aromatic heterocycles. The van der Waals surface area contributed by atoms with Crippen molar-refractivity contribution in [2.45, 2.75) is 103 Å². The van der Waals surface area contributed by atoms with Gasteiger partial charge >= 0.3 is 12.4 Å². The van der Waals surface area contributed by atoms with Crippen LogP contribution in [0.5, 0.6) is 5.75 Å². The van der Waals surface area contributed by atoms with E-state index < -0.39 is 153 Å². The van der Waals surface area contributed by atoms with Crippen LogP contribution in [0.2, 0.25) is 0 Å². The highest BCUT2D eigenvalue weighted by atomic mass is 32.1. The number of ether oxygens (including phenoxy) is 2. The van der Waals surface area contributed by atoms with Crippen LogP contribution in [0.25, 0.3) is 21.7 Å². The molecule has 3 N–H and O–H groups in total. The van der Waals surface area contributed by atoms with Crippen LogP contribution < -0.4 is 25.2 Å². The minimum Gasteiger partial charge on any atom is -0.490 e. The number of hydrogen-bond acceptors (Lipinski definition) is 12. The Morgan fingerprint density at radius 1 is 0.963 bits per heavy atom. The summed E-state index contributed by atoms with van der Waals surface area (Å²) >= 11 is 6.84. The molecule has 2 aliphatic rings. The lowest BCUT2D eigenvalue weighted by Gasteiger charge is -2.35. The number of carbonyl (C=O) groups excluding carboxylic acids is 4. The molecule has 80 heavy (non-hydrogen) atoms. The number of aliphatic hydroxyl groups excluding tert-OH is 1. The van der Waals surface area contributed by atoms with Gasteiger partial charge in [-0.2, -0.15) is 31.6 Å². The Morgan fingerprint density at radius 2 is 1.64 bits per heavy atom. The second-order valence-corrected chi connectivity index (χ2v) is 21.5. The van der Waals surface area contributed by atoms with E-state index in [-0.39, 0.29) is 25.2 Å². The third kappa shape index (κ3) is 12.8. The van der Waals surface area contributed by atoms with E-state index in [1.165, 1.54) is 36.2 Å². The van der Waals surface area contributed by atoms with Gasteiger partial charge in [0, 0.05) is 31.1 Å². The van der Waals surface area contributed by atoms with Crippen LogP contribution in [0.4, 0.5) is 55.3 Å². The number of halogens is 10. The fourth-order valence-corrected chi connectivity index (χ4v) is 10.3. The molecule has 2 fully saturated rings. The molecule has 5 atom stereocenters. The molecule has 2 saturated heterocycles. The van der Waals surface area contributed by atoms with Gasteiger partial charge < -0.3 is 35.0 Å². The summed E-state index contributed by atoms with van der Waals surface area (Å²) in [5, 5.41) is 24.4. The molecule has 2 aliphatic heterocycles. The number of likely N-dealkylation sites (tertiary alicyclic amines) is 1. The van der Waals surface area contributed by atoms with E-state index in [1.54, 1.807) is 26.3 Å². The Morgan fingerprint density at radius 3 is 2.24 bits per heavy atom. The number of aliphatic hydroxyl groups is 1. The van der Waals surface area contributed by atoms with Gasteiger partial charge in [-0.3, -0.25) is 29.1 Å². The summed E-state index contributed by atoms with van der Waals surface area (Å²) in [6.45, 7) is 5.98. The van der Waals surface area contributed by atoms with Crippen molar-refractivity contribution in [1.29, 1.82) is 5.26 Å². The maximum Gasteiger partial charge on any atom is 0.420 e. The van der Waals surface area contributed by atoms with E-state index in [2.05, 4.69) is 20.6 Å². The number of alkyl halides is 8. The first-order valence-electron chi connectivity index (χ1n) is 24.2. The maximum atomic E-state index is 15.9. The number of rotatable bonds is 17. The minimum absolute atomic E-state index is 0.0788. The number of pyridine rings is 1. The van der Waals surface area contributed by atoms with E-state index in [0.29, 0.717) is 23.1 Å². The number of nitrogens with one attached hydrogen (secondary N) is 2. The molecule has 7 rings (SSSR count). The van der Waals surface area contributed by atoms with Crippen molar-refractivity contribution in [3.63, 3.8) is 0 Å². The van der Waals surface area contributed by atoms with Crippen molar-refractivity contribution in [3.05, 3.63) is 112 Å². The number of benzene rings is 3. The normalized spacial score (nSPS) is 17.8. The number of anilines is 2. The molecule has 4 amide bonds. The summed E-state index contributed by atoms with van der Waals surface area (Å²) in [4.78, 5) is 65.7. The van der Waals surface area contributed by atoms with Crippen LogP contribution in [0.3, 0.4) is 0 Å². The van der Waals surface area contributed by atoms with Gasteiger partial charge in [0.1, 0.15) is 47.8 Å². The minimum atomic E-state index is -5.37. The van der Waals surface area contributed by atoms with E-state index >= 15 is 17.6 Å². The predicted octanol–water partition coefficient (Wildman–Crippen LogP) is 9.17. The number of thiazole rings is 1. The lowest BCUT2D eigenvalue weighted by atomic mass is 9.85. The molecule has 27 heteroatoms. The van der Waals surface area contributed by atoms with Gasteiger partial charge in [-0.1, -0.05) is 45.0 Å². The zero-order valence-corrected chi connectivity index (χ0v) is 44.9. The number of carbonyl (C=O) groups is 4. The van der Waals surface area contributed by atoms with E-state index in [1.807, 2.05) is 31.2 Å². The van der Waals surface area contributed by atoms with Gasteiger partial charge in [-0.25, -0.2) is 22.5 Å². The average molecular weight is 1170 g/mol. The number of amides is 4. The van der Waals surface area contributed by atoms with E-state index in [4.69, 9.17) is 27.0 Å². The van der Waals surface area contributed by atoms with Crippen molar-refractivity contribution in [2.75, 3.05) is 36.2 Å². The maximum absolute atomic E-state index is 15.9. The summed E-state index contributed by atoms with van der Waals surface area (Å²) in [6.07, 6.45) is -16.0. The van der Waals surface area contributed by atoms with Gasteiger partial charge in [-0.05, 0) is 79.9 Å². The molecule has 0 bridgehead atoms. The first-order chi connectivity index (χ1) is 37.3. The molecule has 0 saturated carbocycles. The average Bonchev–Trinajstić information content (AvgIpc) is 4.21. The van der Waals surface area contributed by atoms with Crippen molar-refractivity contribution in [1.82, 2.24) is 25.5 Å². The van der Waals surface area contributed by atoms with Crippen LogP contribution in [-0.2, 0) is 42.8 Å². The Kier molecular flexibility index (Phi) is 17.7. The van der Waals surface area contributed by atoms with Gasteiger partial charge in [-0.15, -0.1) is 11.3 Å². The zero-order chi connectivity index (χ0) is 59.0. The highest BCUT2D eigenvalue weighted by molar-refractivity contribution is 7.81. The number of β-amino-alcohol motifs (C(OH)–C–C–N with tert-alkyl or cyclic N) is 1. The summed E-state index contributed by atoms with van der Waals surface area (Å²) in [5.74, 6) is -7.34. The molecule has 0 aliphatic carbocycles. The Labute approximate surface area is 460 Å². The van der Waals surface area contributed by atoms with E-state index in [9.17, 15) is 50.6 Å². The van der Waals surface area contributed by atoms with Crippen LogP contribution in [0, 0.1) is 35.3 Å². The van der Waals surface area contributed by atoms with E-state index in [0.717, 1.165) is 51.0 Å². The highest BCUT2D eigenvalue weighted by Gasteiger charge is 2.53. The molecule has 0 spiro atoms. The highest BCUT2D eigenvalue weighted by Crippen LogP contribution is 2.44. The van der Waals surface area contributed by atoms with Crippen molar-refractivity contribution in [3.8, 4) is 33.5 Å². The van der Waals surface area contributed by atoms with Gasteiger partial charge in [0.05, 0.1) is 63.6 Å². The van der Waals surface area contributed by atoms with Crippen molar-refractivity contribution < 1.29 is 77.7 Å². The first-order valence-corrected chi connectivity index (χ1v) is 25.5. The third-order valence-corrected chi connectivity index (χ3v) is 14.4. The van der Waals surface area contributed by atoms with Crippen molar-refractivity contribution in [2.24, 2.45) is 5.41 Å². The summed E-state index contributed by atoms with van der Waals surface area (Å²) in [5.41, 5.74) is -6.25. The molecular weight excluding hydrogens is 1110 g/mol. The first kappa shape index (κ1) is 60.4. The largest absolute Gasteiger partial charge is 0.490 e. The van der Waals surface area contributed by atoms with Crippen LogP contribution in [0.1, 0.15) is 69.0 Å². The molecule has 5 aromatic rings. The Bertz CT molecular complexity index is 3240. The van der Waals surface area contributed by atoms with Crippen LogP contribution in [-0.4, -0.2) is 111 Å². The standard InChI is InChI=1S/C53H50F10N8O7S2/c1-26-44(80-25-67-26)28-9-7-27(8-10-28)19-66-46(74)39-16-31(72)21-69(39)47(75)45(50(2,3)4)68-40(73)24-77-22-36(55)37(56)23-78-32-12-13-33(34(17-32)52(58,59)60)43-35(54)15-30(20-65-43)71-49(79)70(48(76)51(71,5)6)38-14-11-29(18-64)41(42(38)57)53(61,62)63/h7-15,17,20,25,31,36-37,39,45,72H,16,19,21-24H2,1-6H3,(H,66,74)(H,68,73)/t31-,36?,37?,39+,45-/m1/s1. The number of aromatic nitrogens is 2. The second-order valence-electron chi connectivity index (χ2n) is 20.3. The van der Waals surface area contributed by atoms with Crippen LogP contribution >= 0.6 is 23.6 Å². The van der Waals surface area contributed by atoms with Gasteiger partial charge in [0.15, 0.2) is 29.1 Å². The number of thiocarbonyl (C=S) groups is 1. The number of nitrogens with zero attached hydrogens (tertiary/aromatic N) is 6. The molecule has 2 unspecified atom stereocenters. The second kappa shape index (κ2) is 23.4. The predicted molar refractivity (Wildman–Crippen MR) is 275 cm³/mol. The number of nitriles is 1. The summed E-state index contributed by atoms with van der Waals surface area (Å²) in [6, 6.07) is 10.3. The van der Waals surface area contributed by atoms with Gasteiger partial charge in [0.2, 0.25) is 17.7 Å². The number of aryl methyl sites for hydroxylation is 1. The molecular formula is C53H50F10N8O7S2. The summed E-state index contributed by atoms with van der Waals surface area (Å²) < 4.78 is 157. The monoisotopic (exact) mass is 1160 g/mol. The summed E-state index contributed by atoms with van der Waals surface area (Å²) in [7, 11) is 0. The SMILES string of the molecule is Cc1ncsc1-c1ccc(CNC(=O)[C@@H]2C[C@@H](O)CN2C(=O)[C@@H](NC(=O)COCC(F)C(F)COc2ccc(-c3ncc(N4C(=S)N(c5ccc(C#N)c(C(F)(F)F)c5F)C(=O)C4(C)C)cc3F)c(C(F)(F)F)c2)C(C)(C)C)cc1. The third-order valence-electron chi connectivity index (χ3n) is 13.1. The van der Waals surface area contributed by atoms with Crippen LogP contribution in [0.15, 0.2) is 72.4 Å². The smallest absolute Gasteiger partial charge is 0.420 e.